The van der Waals surface area contributed by atoms with Gasteiger partial charge in [0.25, 0.3) is 5.91 Å². The molecule has 5 heteroatoms. The highest BCUT2D eigenvalue weighted by Crippen LogP contribution is 2.25. The molecule has 0 saturated carbocycles. The first kappa shape index (κ1) is 14.8. The molecule has 20 heavy (non-hydrogen) atoms. The van der Waals surface area contributed by atoms with E-state index in [2.05, 4.69) is 0 Å². The highest BCUT2D eigenvalue weighted by Gasteiger charge is 2.30. The summed E-state index contributed by atoms with van der Waals surface area (Å²) in [5.74, 6) is -0.344. The van der Waals surface area contributed by atoms with Crippen LogP contribution in [0.4, 0.5) is 4.39 Å². The number of benzene rings is 1. The minimum absolute atomic E-state index is 0.116. The SMILES string of the molecule is COc1ccc(C(=O)N2CCCC2CCCN)c(F)c1. The summed E-state index contributed by atoms with van der Waals surface area (Å²) in [5, 5.41) is 0. The molecule has 0 bridgehead atoms. The lowest BCUT2D eigenvalue weighted by molar-refractivity contribution is 0.0724. The lowest BCUT2D eigenvalue weighted by atomic mass is 10.1. The molecule has 1 saturated heterocycles. The molecule has 110 valence electrons. The van der Waals surface area contributed by atoms with Crippen molar-refractivity contribution in [2.45, 2.75) is 31.7 Å². The van der Waals surface area contributed by atoms with Gasteiger partial charge < -0.3 is 15.4 Å². The molecule has 1 atom stereocenters. The van der Waals surface area contributed by atoms with Gasteiger partial charge in [-0.05, 0) is 44.4 Å². The monoisotopic (exact) mass is 280 g/mol. The van der Waals surface area contributed by atoms with E-state index < -0.39 is 5.82 Å². The molecule has 2 rings (SSSR count). The number of halogens is 1. The van der Waals surface area contributed by atoms with Crippen LogP contribution in [0.5, 0.6) is 5.75 Å². The van der Waals surface area contributed by atoms with E-state index in [1.807, 2.05) is 0 Å². The van der Waals surface area contributed by atoms with E-state index in [9.17, 15) is 9.18 Å². The summed E-state index contributed by atoms with van der Waals surface area (Å²) < 4.78 is 18.9. The molecule has 0 aliphatic carbocycles. The molecule has 1 aromatic rings. The van der Waals surface area contributed by atoms with Crippen LogP contribution in [0.15, 0.2) is 18.2 Å². The van der Waals surface area contributed by atoms with Gasteiger partial charge in [0.05, 0.1) is 12.7 Å². The van der Waals surface area contributed by atoms with Crippen molar-refractivity contribution in [2.24, 2.45) is 5.73 Å². The number of rotatable bonds is 5. The van der Waals surface area contributed by atoms with Crippen LogP contribution in [0.1, 0.15) is 36.0 Å². The topological polar surface area (TPSA) is 55.6 Å². The quantitative estimate of drug-likeness (QED) is 0.899. The molecule has 0 spiro atoms. The van der Waals surface area contributed by atoms with Crippen LogP contribution in [0.2, 0.25) is 0 Å². The maximum Gasteiger partial charge on any atom is 0.257 e. The van der Waals surface area contributed by atoms with E-state index >= 15 is 0 Å². The van der Waals surface area contributed by atoms with Crippen molar-refractivity contribution >= 4 is 5.91 Å². The first-order valence-corrected chi connectivity index (χ1v) is 7.02. The Bertz CT molecular complexity index is 479. The first-order valence-electron chi connectivity index (χ1n) is 7.02. The second kappa shape index (κ2) is 6.70. The number of carbonyl (C=O) groups excluding carboxylic acids is 1. The second-order valence-electron chi connectivity index (χ2n) is 5.07. The van der Waals surface area contributed by atoms with Crippen molar-refractivity contribution in [2.75, 3.05) is 20.2 Å². The Labute approximate surface area is 118 Å². The molecule has 0 aromatic heterocycles. The summed E-state index contributed by atoms with van der Waals surface area (Å²) >= 11 is 0. The van der Waals surface area contributed by atoms with Gasteiger partial charge in [-0.25, -0.2) is 4.39 Å². The molecule has 2 N–H and O–H groups in total. The number of carbonyl (C=O) groups is 1. The molecule has 1 amide bonds. The summed E-state index contributed by atoms with van der Waals surface area (Å²) in [7, 11) is 1.47. The smallest absolute Gasteiger partial charge is 0.257 e. The van der Waals surface area contributed by atoms with Crippen molar-refractivity contribution in [3.05, 3.63) is 29.6 Å². The van der Waals surface area contributed by atoms with E-state index in [4.69, 9.17) is 10.5 Å². The number of hydrogen-bond donors (Lipinski definition) is 1. The fraction of sp³-hybridized carbons (Fsp3) is 0.533. The average Bonchev–Trinajstić information content (AvgIpc) is 2.92. The Morgan fingerprint density at radius 3 is 3.00 bits per heavy atom. The predicted octanol–water partition coefficient (Wildman–Crippen LogP) is 2.18. The van der Waals surface area contributed by atoms with Crippen LogP contribution in [0.3, 0.4) is 0 Å². The lowest BCUT2D eigenvalue weighted by Gasteiger charge is -2.25. The third-order valence-electron chi connectivity index (χ3n) is 3.79. The Morgan fingerprint density at radius 2 is 2.35 bits per heavy atom. The fourth-order valence-corrected chi connectivity index (χ4v) is 2.71. The second-order valence-corrected chi connectivity index (χ2v) is 5.07. The first-order chi connectivity index (χ1) is 9.67. The van der Waals surface area contributed by atoms with Gasteiger partial charge in [0, 0.05) is 18.7 Å². The predicted molar refractivity (Wildman–Crippen MR) is 75.3 cm³/mol. The molecular weight excluding hydrogens is 259 g/mol. The Kier molecular flexibility index (Phi) is 4.95. The molecule has 4 nitrogen and oxygen atoms in total. The Hall–Kier alpha value is -1.62. The number of likely N-dealkylation sites (tertiary alicyclic amines) is 1. The summed E-state index contributed by atoms with van der Waals surface area (Å²) in [5.41, 5.74) is 5.63. The summed E-state index contributed by atoms with van der Waals surface area (Å²) in [4.78, 5) is 14.2. The minimum Gasteiger partial charge on any atom is -0.497 e. The third-order valence-corrected chi connectivity index (χ3v) is 3.79. The van der Waals surface area contributed by atoms with E-state index in [1.54, 1.807) is 11.0 Å². The van der Waals surface area contributed by atoms with Gasteiger partial charge in [-0.15, -0.1) is 0 Å². The normalized spacial score (nSPS) is 18.4. The lowest BCUT2D eigenvalue weighted by Crippen LogP contribution is -2.36. The van der Waals surface area contributed by atoms with E-state index in [-0.39, 0.29) is 17.5 Å². The van der Waals surface area contributed by atoms with E-state index in [0.717, 1.165) is 25.7 Å². The van der Waals surface area contributed by atoms with Crippen LogP contribution in [0.25, 0.3) is 0 Å². The molecule has 1 fully saturated rings. The zero-order chi connectivity index (χ0) is 14.5. The molecular formula is C15H21FN2O2. The van der Waals surface area contributed by atoms with Crippen LogP contribution < -0.4 is 10.5 Å². The Balaban J connectivity index is 2.13. The van der Waals surface area contributed by atoms with Gasteiger partial charge in [-0.2, -0.15) is 0 Å². The van der Waals surface area contributed by atoms with E-state index in [0.29, 0.717) is 18.8 Å². The highest BCUT2D eigenvalue weighted by atomic mass is 19.1. The van der Waals surface area contributed by atoms with Gasteiger partial charge in [0.15, 0.2) is 0 Å². The van der Waals surface area contributed by atoms with Gasteiger partial charge >= 0.3 is 0 Å². The summed E-state index contributed by atoms with van der Waals surface area (Å²) in [6.07, 6.45) is 3.72. The summed E-state index contributed by atoms with van der Waals surface area (Å²) in [6.45, 7) is 1.31. The molecule has 0 radical (unpaired) electrons. The number of nitrogens with zero attached hydrogens (tertiary/aromatic N) is 1. The number of methoxy groups -OCH3 is 1. The Morgan fingerprint density at radius 1 is 1.55 bits per heavy atom. The van der Waals surface area contributed by atoms with Crippen molar-refractivity contribution in [1.82, 2.24) is 4.90 Å². The maximum absolute atomic E-state index is 14.0. The minimum atomic E-state index is -0.529. The number of hydrogen-bond acceptors (Lipinski definition) is 3. The van der Waals surface area contributed by atoms with Crippen molar-refractivity contribution in [3.63, 3.8) is 0 Å². The fourth-order valence-electron chi connectivity index (χ4n) is 2.71. The van der Waals surface area contributed by atoms with Gasteiger partial charge in [-0.3, -0.25) is 4.79 Å². The summed E-state index contributed by atoms with van der Waals surface area (Å²) in [6, 6.07) is 4.54. The van der Waals surface area contributed by atoms with Crippen molar-refractivity contribution in [1.29, 1.82) is 0 Å². The standard InChI is InChI=1S/C15H21FN2O2/c1-20-12-6-7-13(14(16)10-12)15(19)18-9-3-5-11(18)4-2-8-17/h6-7,10-11H,2-5,8-9,17H2,1H3. The van der Waals surface area contributed by atoms with Gasteiger partial charge in [0.2, 0.25) is 0 Å². The van der Waals surface area contributed by atoms with E-state index in [1.165, 1.54) is 19.2 Å². The van der Waals surface area contributed by atoms with Gasteiger partial charge in [-0.1, -0.05) is 0 Å². The average molecular weight is 280 g/mol. The van der Waals surface area contributed by atoms with Crippen LogP contribution in [-0.2, 0) is 0 Å². The zero-order valence-electron chi connectivity index (χ0n) is 11.8. The van der Waals surface area contributed by atoms with Gasteiger partial charge in [0.1, 0.15) is 11.6 Å². The largest absolute Gasteiger partial charge is 0.497 e. The highest BCUT2D eigenvalue weighted by molar-refractivity contribution is 5.95. The molecule has 1 aliphatic rings. The van der Waals surface area contributed by atoms with Crippen LogP contribution in [-0.4, -0.2) is 37.0 Å². The molecule has 1 aromatic carbocycles. The van der Waals surface area contributed by atoms with Crippen molar-refractivity contribution in [3.8, 4) is 5.75 Å². The number of ether oxygens (including phenoxy) is 1. The number of amides is 1. The van der Waals surface area contributed by atoms with Crippen molar-refractivity contribution < 1.29 is 13.9 Å². The van der Waals surface area contributed by atoms with Crippen LogP contribution >= 0.6 is 0 Å². The van der Waals surface area contributed by atoms with Crippen LogP contribution in [0, 0.1) is 5.82 Å². The third kappa shape index (κ3) is 3.10. The zero-order valence-corrected chi connectivity index (χ0v) is 11.8. The maximum atomic E-state index is 14.0. The number of nitrogens with two attached hydrogens (primary N) is 1. The molecule has 1 aliphatic heterocycles. The molecule has 1 heterocycles. The molecule has 1 unspecified atom stereocenters.